The molecule has 0 atom stereocenters. The van der Waals surface area contributed by atoms with E-state index >= 15 is 0 Å². The Morgan fingerprint density at radius 3 is 2.26 bits per heavy atom. The van der Waals surface area contributed by atoms with E-state index in [9.17, 15) is 18.0 Å². The first kappa shape index (κ1) is 25.2. The number of oxime groups is 1. The van der Waals surface area contributed by atoms with Gasteiger partial charge in [0.05, 0.1) is 25.5 Å². The van der Waals surface area contributed by atoms with E-state index in [1.54, 1.807) is 57.5 Å². The number of benzene rings is 3. The number of hydrogen-bond donors (Lipinski definition) is 0. The zero-order valence-corrected chi connectivity index (χ0v) is 19.5. The summed E-state index contributed by atoms with van der Waals surface area (Å²) in [7, 11) is 3.11. The van der Waals surface area contributed by atoms with Crippen molar-refractivity contribution < 1.29 is 32.3 Å². The molecule has 0 N–H and O–H groups in total. The summed E-state index contributed by atoms with van der Waals surface area (Å²) in [6.07, 6.45) is -4.41. The Bertz CT molecular complexity index is 1180. The van der Waals surface area contributed by atoms with Gasteiger partial charge >= 0.3 is 6.18 Å². The number of rotatable bonds is 8. The summed E-state index contributed by atoms with van der Waals surface area (Å²) in [4.78, 5) is 18.5. The molecule has 3 rings (SSSR count). The standard InChI is InChI=1S/C25H22F3NO4S/c1-16(18-7-12-22(31-2)23(14-18)32-3)29-33-15-17-5-4-6-19(13-17)24(30)34-21-10-8-20(9-11-21)25(26,27)28/h4-14H,15H2,1-3H3/b29-16-. The topological polar surface area (TPSA) is 57.1 Å². The minimum atomic E-state index is -4.41. The molecule has 0 bridgehead atoms. The van der Waals surface area contributed by atoms with E-state index in [1.165, 1.54) is 12.1 Å². The molecular formula is C25H22F3NO4S. The van der Waals surface area contributed by atoms with Crippen molar-refractivity contribution in [3.63, 3.8) is 0 Å². The van der Waals surface area contributed by atoms with Crippen LogP contribution in [0.1, 0.15) is 34.0 Å². The van der Waals surface area contributed by atoms with Crippen molar-refractivity contribution in [3.05, 3.63) is 89.0 Å². The molecule has 5 nitrogen and oxygen atoms in total. The third kappa shape index (κ3) is 6.54. The fraction of sp³-hybridized carbons (Fsp3) is 0.200. The number of halogens is 3. The van der Waals surface area contributed by atoms with Crippen LogP contribution in [0.3, 0.4) is 0 Å². The Balaban J connectivity index is 1.62. The zero-order valence-electron chi connectivity index (χ0n) is 18.7. The summed E-state index contributed by atoms with van der Waals surface area (Å²) >= 11 is 0.860. The van der Waals surface area contributed by atoms with Crippen LogP contribution in [0.4, 0.5) is 13.2 Å². The number of nitrogens with zero attached hydrogens (tertiary/aromatic N) is 1. The van der Waals surface area contributed by atoms with Crippen molar-refractivity contribution in [1.29, 1.82) is 0 Å². The number of ether oxygens (including phenoxy) is 2. The fourth-order valence-electron chi connectivity index (χ4n) is 2.98. The van der Waals surface area contributed by atoms with Crippen LogP contribution in [-0.4, -0.2) is 25.0 Å². The lowest BCUT2D eigenvalue weighted by molar-refractivity contribution is -0.137. The van der Waals surface area contributed by atoms with Gasteiger partial charge in [-0.3, -0.25) is 4.79 Å². The van der Waals surface area contributed by atoms with Gasteiger partial charge in [0.15, 0.2) is 11.5 Å². The SMILES string of the molecule is COc1ccc(/C(C)=N\OCc2cccc(C(=O)Sc3ccc(C(F)(F)F)cc3)c2)cc1OC. The largest absolute Gasteiger partial charge is 0.493 e. The number of alkyl halides is 3. The van der Waals surface area contributed by atoms with Gasteiger partial charge in [0.1, 0.15) is 6.61 Å². The van der Waals surface area contributed by atoms with Crippen LogP contribution in [0, 0.1) is 0 Å². The van der Waals surface area contributed by atoms with Crippen LogP contribution in [-0.2, 0) is 17.6 Å². The highest BCUT2D eigenvalue weighted by molar-refractivity contribution is 8.14. The highest BCUT2D eigenvalue weighted by Gasteiger charge is 2.30. The lowest BCUT2D eigenvalue weighted by Gasteiger charge is -2.09. The van der Waals surface area contributed by atoms with Crippen LogP contribution in [0.5, 0.6) is 11.5 Å². The average molecular weight is 490 g/mol. The van der Waals surface area contributed by atoms with Gasteiger partial charge in [-0.05, 0) is 72.8 Å². The van der Waals surface area contributed by atoms with E-state index in [0.717, 1.165) is 35.0 Å². The lowest BCUT2D eigenvalue weighted by atomic mass is 10.1. The second-order valence-electron chi connectivity index (χ2n) is 7.13. The number of carbonyl (C=O) groups is 1. The van der Waals surface area contributed by atoms with Gasteiger partial charge in [0.25, 0.3) is 0 Å². The van der Waals surface area contributed by atoms with Crippen LogP contribution >= 0.6 is 11.8 Å². The maximum Gasteiger partial charge on any atom is 0.416 e. The molecular weight excluding hydrogens is 467 g/mol. The van der Waals surface area contributed by atoms with Crippen molar-refractivity contribution in [1.82, 2.24) is 0 Å². The van der Waals surface area contributed by atoms with Crippen molar-refractivity contribution in [2.24, 2.45) is 5.16 Å². The van der Waals surface area contributed by atoms with E-state index < -0.39 is 11.7 Å². The highest BCUT2D eigenvalue weighted by Crippen LogP contribution is 2.32. The quantitative estimate of drug-likeness (QED) is 0.203. The van der Waals surface area contributed by atoms with E-state index in [4.69, 9.17) is 14.3 Å². The van der Waals surface area contributed by atoms with E-state index in [1.807, 2.05) is 6.07 Å². The van der Waals surface area contributed by atoms with E-state index in [-0.39, 0.29) is 11.7 Å². The number of thioether (sulfide) groups is 1. The van der Waals surface area contributed by atoms with E-state index in [2.05, 4.69) is 5.16 Å². The summed E-state index contributed by atoms with van der Waals surface area (Å²) in [5.41, 5.74) is 1.81. The molecule has 3 aromatic carbocycles. The zero-order chi connectivity index (χ0) is 24.7. The van der Waals surface area contributed by atoms with Crippen molar-refractivity contribution in [2.75, 3.05) is 14.2 Å². The van der Waals surface area contributed by atoms with Crippen LogP contribution in [0.2, 0.25) is 0 Å². The molecule has 0 aliphatic rings. The molecule has 0 saturated heterocycles. The second kappa shape index (κ2) is 11.1. The van der Waals surface area contributed by atoms with Gasteiger partial charge in [-0.25, -0.2) is 0 Å². The first-order valence-corrected chi connectivity index (χ1v) is 10.9. The molecule has 9 heteroatoms. The van der Waals surface area contributed by atoms with Crippen LogP contribution < -0.4 is 9.47 Å². The molecule has 0 saturated carbocycles. The maximum absolute atomic E-state index is 12.7. The Morgan fingerprint density at radius 1 is 0.912 bits per heavy atom. The third-order valence-corrected chi connectivity index (χ3v) is 5.72. The average Bonchev–Trinajstić information content (AvgIpc) is 2.83. The predicted molar refractivity (Wildman–Crippen MR) is 125 cm³/mol. The van der Waals surface area contributed by atoms with Crippen molar-refractivity contribution >= 4 is 22.6 Å². The van der Waals surface area contributed by atoms with Crippen molar-refractivity contribution in [2.45, 2.75) is 24.6 Å². The summed E-state index contributed by atoms with van der Waals surface area (Å²) < 4.78 is 48.6. The molecule has 0 radical (unpaired) electrons. The molecule has 0 spiro atoms. The maximum atomic E-state index is 12.7. The molecule has 0 aliphatic carbocycles. The fourth-order valence-corrected chi connectivity index (χ4v) is 3.71. The van der Waals surface area contributed by atoms with Gasteiger partial charge in [-0.2, -0.15) is 13.2 Å². The Labute approximate surface area is 199 Å². The monoisotopic (exact) mass is 489 g/mol. The van der Waals surface area contributed by atoms with E-state index in [0.29, 0.717) is 27.7 Å². The summed E-state index contributed by atoms with van der Waals surface area (Å²) in [5, 5.41) is 3.84. The van der Waals surface area contributed by atoms with Crippen LogP contribution in [0.15, 0.2) is 76.8 Å². The second-order valence-corrected chi connectivity index (χ2v) is 8.18. The molecule has 0 heterocycles. The summed E-state index contributed by atoms with van der Waals surface area (Å²) in [6, 6.07) is 16.7. The number of carbonyl (C=O) groups excluding carboxylic acids is 1. The minimum absolute atomic E-state index is 0.136. The number of methoxy groups -OCH3 is 2. The molecule has 0 aliphatic heterocycles. The Kier molecular flexibility index (Phi) is 8.22. The first-order valence-electron chi connectivity index (χ1n) is 10.1. The Morgan fingerprint density at radius 2 is 1.62 bits per heavy atom. The third-order valence-electron chi connectivity index (χ3n) is 4.79. The lowest BCUT2D eigenvalue weighted by Crippen LogP contribution is -2.04. The smallest absolute Gasteiger partial charge is 0.416 e. The summed E-state index contributed by atoms with van der Waals surface area (Å²) in [5.74, 6) is 1.18. The van der Waals surface area contributed by atoms with Crippen molar-refractivity contribution in [3.8, 4) is 11.5 Å². The van der Waals surface area contributed by atoms with Gasteiger partial charge in [-0.15, -0.1) is 0 Å². The van der Waals surface area contributed by atoms with Gasteiger partial charge < -0.3 is 14.3 Å². The molecule has 34 heavy (non-hydrogen) atoms. The molecule has 0 unspecified atom stereocenters. The Hall–Kier alpha value is -3.46. The normalized spacial score (nSPS) is 11.8. The molecule has 0 aromatic heterocycles. The first-order chi connectivity index (χ1) is 16.2. The van der Waals surface area contributed by atoms with Crippen LogP contribution in [0.25, 0.3) is 0 Å². The molecule has 0 fully saturated rings. The predicted octanol–water partition coefficient (Wildman–Crippen LogP) is 6.60. The molecule has 3 aromatic rings. The number of hydrogen-bond acceptors (Lipinski definition) is 6. The molecule has 0 amide bonds. The van der Waals surface area contributed by atoms with Gasteiger partial charge in [0, 0.05) is 16.0 Å². The van der Waals surface area contributed by atoms with Gasteiger partial charge in [-0.1, -0.05) is 23.4 Å². The van der Waals surface area contributed by atoms with Gasteiger partial charge in [0.2, 0.25) is 5.12 Å². The summed E-state index contributed by atoms with van der Waals surface area (Å²) in [6.45, 7) is 1.93. The minimum Gasteiger partial charge on any atom is -0.493 e. The highest BCUT2D eigenvalue weighted by atomic mass is 32.2. The molecule has 178 valence electrons.